The summed E-state index contributed by atoms with van der Waals surface area (Å²) in [5, 5.41) is 3.30. The van der Waals surface area contributed by atoms with E-state index in [-0.39, 0.29) is 23.9 Å². The summed E-state index contributed by atoms with van der Waals surface area (Å²) in [6.45, 7) is 5.34. The van der Waals surface area contributed by atoms with Crippen LogP contribution in [0.5, 0.6) is 0 Å². The van der Waals surface area contributed by atoms with Crippen LogP contribution in [0.15, 0.2) is 63.8 Å². The predicted molar refractivity (Wildman–Crippen MR) is 151 cm³/mol. The quantitative estimate of drug-likeness (QED) is 0.197. The van der Waals surface area contributed by atoms with Gasteiger partial charge in [-0.15, -0.1) is 12.4 Å². The van der Waals surface area contributed by atoms with Crippen molar-refractivity contribution in [2.45, 2.75) is 20.3 Å². The van der Waals surface area contributed by atoms with E-state index < -0.39 is 5.63 Å². The molecule has 0 aliphatic heterocycles. The number of aromatic nitrogens is 1. The van der Waals surface area contributed by atoms with Crippen molar-refractivity contribution in [3.05, 3.63) is 81.7 Å². The van der Waals surface area contributed by atoms with Crippen LogP contribution in [0.4, 0.5) is 5.13 Å². The Morgan fingerprint density at radius 1 is 1.00 bits per heavy atom. The van der Waals surface area contributed by atoms with E-state index in [1.165, 1.54) is 11.3 Å². The molecule has 1 amide bonds. The molecule has 5 aromatic rings. The van der Waals surface area contributed by atoms with Gasteiger partial charge < -0.3 is 9.32 Å². The fourth-order valence-electron chi connectivity index (χ4n) is 4.47. The van der Waals surface area contributed by atoms with Gasteiger partial charge in [-0.1, -0.05) is 47.7 Å². The number of hydrogen-bond acceptors (Lipinski definition) is 6. The average Bonchev–Trinajstić information content (AvgIpc) is 3.24. The third-order valence-electron chi connectivity index (χ3n) is 6.15. The Labute approximate surface area is 219 Å². The Bertz CT molecular complexity index is 1640. The van der Waals surface area contributed by atoms with Crippen molar-refractivity contribution in [3.8, 4) is 0 Å². The van der Waals surface area contributed by atoms with Crippen molar-refractivity contribution in [2.75, 3.05) is 32.1 Å². The van der Waals surface area contributed by atoms with E-state index in [0.29, 0.717) is 17.3 Å². The number of hydrogen-bond donors (Lipinski definition) is 0. The molecule has 0 aliphatic carbocycles. The van der Waals surface area contributed by atoms with Gasteiger partial charge in [0.2, 0.25) is 0 Å². The highest BCUT2D eigenvalue weighted by Crippen LogP contribution is 2.33. The second-order valence-corrected chi connectivity index (χ2v) is 10.2. The second kappa shape index (κ2) is 10.4. The summed E-state index contributed by atoms with van der Waals surface area (Å²) in [5.74, 6) is -0.388. The monoisotopic (exact) mass is 521 g/mol. The fourth-order valence-corrected chi connectivity index (χ4v) is 5.64. The smallest absolute Gasteiger partial charge is 0.349 e. The van der Waals surface area contributed by atoms with Crippen LogP contribution in [0.3, 0.4) is 0 Å². The van der Waals surface area contributed by atoms with Gasteiger partial charge in [0.25, 0.3) is 5.91 Å². The van der Waals surface area contributed by atoms with E-state index in [4.69, 9.17) is 9.40 Å². The van der Waals surface area contributed by atoms with Gasteiger partial charge in [-0.2, -0.15) is 0 Å². The minimum absolute atomic E-state index is 0. The molecule has 8 heteroatoms. The molecule has 3 aromatic carbocycles. The van der Waals surface area contributed by atoms with Gasteiger partial charge in [0.05, 0.1) is 10.2 Å². The molecule has 0 saturated heterocycles. The van der Waals surface area contributed by atoms with E-state index in [1.807, 2.05) is 51.4 Å². The minimum Gasteiger partial charge on any atom is -0.422 e. The fraction of sp³-hybridized carbons (Fsp3) is 0.250. The Kier molecular flexibility index (Phi) is 7.45. The summed E-state index contributed by atoms with van der Waals surface area (Å²) < 4.78 is 6.64. The van der Waals surface area contributed by atoms with E-state index in [2.05, 4.69) is 24.0 Å². The Morgan fingerprint density at radius 3 is 2.56 bits per heavy atom. The molecule has 0 fully saturated rings. The van der Waals surface area contributed by atoms with Crippen molar-refractivity contribution in [2.24, 2.45) is 0 Å². The topological polar surface area (TPSA) is 66.7 Å². The molecular weight excluding hydrogens is 494 g/mol. The van der Waals surface area contributed by atoms with Crippen molar-refractivity contribution < 1.29 is 9.21 Å². The lowest BCUT2D eigenvalue weighted by molar-refractivity contribution is 0.0982. The van der Waals surface area contributed by atoms with Crippen LogP contribution in [0.2, 0.25) is 0 Å². The molecule has 2 heterocycles. The number of fused-ring (bicyclic) bond motifs is 4. The second-order valence-electron chi connectivity index (χ2n) is 9.18. The zero-order valence-electron chi connectivity index (χ0n) is 20.7. The van der Waals surface area contributed by atoms with Gasteiger partial charge in [0, 0.05) is 11.9 Å². The van der Waals surface area contributed by atoms with Crippen LogP contribution in [0, 0.1) is 13.8 Å². The third-order valence-corrected chi connectivity index (χ3v) is 7.18. The van der Waals surface area contributed by atoms with Crippen molar-refractivity contribution >= 4 is 66.7 Å². The highest BCUT2D eigenvalue weighted by Gasteiger charge is 2.25. The molecule has 0 unspecified atom stereocenters. The molecule has 5 rings (SSSR count). The van der Waals surface area contributed by atoms with Gasteiger partial charge >= 0.3 is 5.63 Å². The molecule has 0 N–H and O–H groups in total. The van der Waals surface area contributed by atoms with Crippen molar-refractivity contribution in [1.29, 1.82) is 0 Å². The maximum atomic E-state index is 13.9. The molecule has 36 heavy (non-hydrogen) atoms. The molecule has 6 nitrogen and oxygen atoms in total. The SMILES string of the molecule is Cc1cc(C)c2nc(N(CCCN(C)C)C(=O)c3cc4c(ccc5ccccc54)oc3=O)sc2c1.Cl. The zero-order chi connectivity index (χ0) is 24.7. The first kappa shape index (κ1) is 25.8. The first-order valence-electron chi connectivity index (χ1n) is 11.6. The largest absolute Gasteiger partial charge is 0.422 e. The number of benzene rings is 3. The Morgan fingerprint density at radius 2 is 1.78 bits per heavy atom. The minimum atomic E-state index is -0.636. The number of amides is 1. The van der Waals surface area contributed by atoms with E-state index >= 15 is 0 Å². The van der Waals surface area contributed by atoms with Crippen molar-refractivity contribution in [3.63, 3.8) is 0 Å². The number of thiazole rings is 1. The highest BCUT2D eigenvalue weighted by atomic mass is 35.5. The maximum absolute atomic E-state index is 13.9. The molecule has 0 atom stereocenters. The number of nitrogens with zero attached hydrogens (tertiary/aromatic N) is 3. The van der Waals surface area contributed by atoms with E-state index in [0.717, 1.165) is 50.5 Å². The lowest BCUT2D eigenvalue weighted by atomic mass is 10.0. The van der Waals surface area contributed by atoms with Gasteiger partial charge in [-0.3, -0.25) is 9.69 Å². The molecule has 2 aromatic heterocycles. The maximum Gasteiger partial charge on any atom is 0.349 e. The standard InChI is InChI=1S/C28H27N3O3S.ClH/c1-17-14-18(2)25-24(15-17)35-28(29-25)31(13-7-12-30(3)4)26(32)22-16-21-20-9-6-5-8-19(20)10-11-23(21)34-27(22)33;/h5-6,8-11,14-16H,7,12-13H2,1-4H3;1H. The Hall–Kier alpha value is -3.26. The van der Waals surface area contributed by atoms with Crippen LogP contribution in [-0.2, 0) is 0 Å². The molecule has 0 saturated carbocycles. The zero-order valence-corrected chi connectivity index (χ0v) is 22.3. The molecule has 0 radical (unpaired) electrons. The Balaban J connectivity index is 0.00000304. The summed E-state index contributed by atoms with van der Waals surface area (Å²) in [4.78, 5) is 35.4. The van der Waals surface area contributed by atoms with Crippen LogP contribution in [-0.4, -0.2) is 43.0 Å². The summed E-state index contributed by atoms with van der Waals surface area (Å²) in [5.41, 5.74) is 2.96. The van der Waals surface area contributed by atoms with Gasteiger partial charge in [0.15, 0.2) is 5.13 Å². The summed E-state index contributed by atoms with van der Waals surface area (Å²) in [7, 11) is 4.00. The molecule has 186 valence electrons. The van der Waals surface area contributed by atoms with Gasteiger partial charge in [0.1, 0.15) is 11.1 Å². The van der Waals surface area contributed by atoms with Crippen LogP contribution >= 0.6 is 23.7 Å². The van der Waals surface area contributed by atoms with Crippen molar-refractivity contribution in [1.82, 2.24) is 9.88 Å². The van der Waals surface area contributed by atoms with Crippen LogP contribution in [0.1, 0.15) is 27.9 Å². The first-order valence-corrected chi connectivity index (χ1v) is 12.4. The summed E-state index contributed by atoms with van der Waals surface area (Å²) >= 11 is 1.48. The molecular formula is C28H28ClN3O3S. The lowest BCUT2D eigenvalue weighted by Crippen LogP contribution is -2.36. The van der Waals surface area contributed by atoms with Crippen LogP contribution < -0.4 is 10.5 Å². The normalized spacial score (nSPS) is 11.4. The highest BCUT2D eigenvalue weighted by molar-refractivity contribution is 7.22. The number of halogens is 1. The lowest BCUT2D eigenvalue weighted by Gasteiger charge is -2.20. The van der Waals surface area contributed by atoms with Gasteiger partial charge in [-0.25, -0.2) is 9.78 Å². The number of carbonyl (C=O) groups is 1. The molecule has 0 aliphatic rings. The number of rotatable bonds is 6. The summed E-state index contributed by atoms with van der Waals surface area (Å²) in [6.07, 6.45) is 0.745. The molecule has 0 bridgehead atoms. The van der Waals surface area contributed by atoms with E-state index in [1.54, 1.807) is 17.0 Å². The third kappa shape index (κ3) is 4.87. The van der Waals surface area contributed by atoms with Crippen LogP contribution in [0.25, 0.3) is 32.0 Å². The number of aryl methyl sites for hydroxylation is 2. The van der Waals surface area contributed by atoms with Gasteiger partial charge in [-0.05, 0) is 81.0 Å². The molecule has 0 spiro atoms. The summed E-state index contributed by atoms with van der Waals surface area (Å²) in [6, 6.07) is 17.4. The average molecular weight is 522 g/mol. The number of anilines is 1. The van der Waals surface area contributed by atoms with E-state index in [9.17, 15) is 9.59 Å². The first-order chi connectivity index (χ1) is 16.8. The number of carbonyl (C=O) groups excluding carboxylic acids is 1. The predicted octanol–water partition coefficient (Wildman–Crippen LogP) is 6.19.